The zero-order valence-electron chi connectivity index (χ0n) is 16.4. The Labute approximate surface area is 185 Å². The fourth-order valence-electron chi connectivity index (χ4n) is 4.05. The summed E-state index contributed by atoms with van der Waals surface area (Å²) in [6, 6.07) is 11.2. The van der Waals surface area contributed by atoms with Crippen molar-refractivity contribution in [2.24, 2.45) is 0 Å². The van der Waals surface area contributed by atoms with Crippen LogP contribution in [-0.2, 0) is 11.3 Å². The van der Waals surface area contributed by atoms with Crippen molar-refractivity contribution in [3.8, 4) is 5.75 Å². The summed E-state index contributed by atoms with van der Waals surface area (Å²) in [5, 5.41) is 1.36. The minimum Gasteiger partial charge on any atom is -0.406 e. The molecule has 1 aliphatic carbocycles. The van der Waals surface area contributed by atoms with Gasteiger partial charge < -0.3 is 9.64 Å². The van der Waals surface area contributed by atoms with E-state index < -0.39 is 23.7 Å². The van der Waals surface area contributed by atoms with Crippen molar-refractivity contribution in [1.82, 2.24) is 9.88 Å². The van der Waals surface area contributed by atoms with Gasteiger partial charge in [0.2, 0.25) is 0 Å². The van der Waals surface area contributed by atoms with Gasteiger partial charge in [0.1, 0.15) is 11.3 Å². The number of aromatic nitrogens is 1. The van der Waals surface area contributed by atoms with Gasteiger partial charge in [0, 0.05) is 23.2 Å². The van der Waals surface area contributed by atoms with Crippen molar-refractivity contribution in [1.29, 1.82) is 0 Å². The first-order chi connectivity index (χ1) is 15.2. The van der Waals surface area contributed by atoms with Gasteiger partial charge in [-0.3, -0.25) is 9.78 Å². The Bertz CT molecular complexity index is 1240. The number of benzene rings is 2. The fourth-order valence-corrected chi connectivity index (χ4v) is 4.21. The molecule has 6 nitrogen and oxygen atoms in total. The van der Waals surface area contributed by atoms with Crippen LogP contribution in [-0.4, -0.2) is 33.7 Å². The predicted molar refractivity (Wildman–Crippen MR) is 110 cm³/mol. The molecule has 1 spiro atoms. The second kappa shape index (κ2) is 7.09. The lowest BCUT2D eigenvalue weighted by Crippen LogP contribution is -2.36. The van der Waals surface area contributed by atoms with Crippen molar-refractivity contribution < 1.29 is 27.5 Å². The van der Waals surface area contributed by atoms with E-state index in [0.29, 0.717) is 23.4 Å². The molecule has 3 aromatic rings. The zero-order chi connectivity index (χ0) is 22.7. The van der Waals surface area contributed by atoms with Gasteiger partial charge in [-0.15, -0.1) is 13.2 Å². The molecule has 2 aromatic carbocycles. The largest absolute Gasteiger partial charge is 0.573 e. The van der Waals surface area contributed by atoms with Gasteiger partial charge in [-0.25, -0.2) is 9.69 Å². The number of pyridine rings is 1. The summed E-state index contributed by atoms with van der Waals surface area (Å²) in [5.41, 5.74) is 0.750. The van der Waals surface area contributed by atoms with Gasteiger partial charge in [0.05, 0.1) is 11.2 Å². The van der Waals surface area contributed by atoms with Crippen molar-refractivity contribution in [2.45, 2.75) is 31.3 Å². The van der Waals surface area contributed by atoms with Gasteiger partial charge >= 0.3 is 12.4 Å². The number of fused-ring (bicyclic) bond motifs is 1. The average Bonchev–Trinajstić information content (AvgIpc) is 3.50. The van der Waals surface area contributed by atoms with Crippen LogP contribution in [0.25, 0.3) is 10.9 Å². The van der Waals surface area contributed by atoms with E-state index in [1.165, 1.54) is 17.0 Å². The molecule has 1 saturated carbocycles. The molecule has 0 bridgehead atoms. The number of halogens is 4. The second-order valence-electron chi connectivity index (χ2n) is 7.71. The molecule has 0 radical (unpaired) electrons. The van der Waals surface area contributed by atoms with Crippen LogP contribution in [0.15, 0.2) is 54.7 Å². The van der Waals surface area contributed by atoms with Crippen LogP contribution in [0.1, 0.15) is 18.4 Å². The summed E-state index contributed by atoms with van der Waals surface area (Å²) in [6.45, 7) is 0.191. The number of nitrogens with zero attached hydrogens (tertiary/aromatic N) is 3. The van der Waals surface area contributed by atoms with Gasteiger partial charge in [-0.1, -0.05) is 17.7 Å². The van der Waals surface area contributed by atoms with Crippen LogP contribution in [0.5, 0.6) is 5.75 Å². The first kappa shape index (κ1) is 20.6. The van der Waals surface area contributed by atoms with E-state index in [1.54, 1.807) is 24.4 Å². The molecule has 1 aliphatic heterocycles. The molecule has 1 saturated heterocycles. The first-order valence-corrected chi connectivity index (χ1v) is 10.1. The monoisotopic (exact) mass is 461 g/mol. The van der Waals surface area contributed by atoms with E-state index in [-0.39, 0.29) is 18.1 Å². The van der Waals surface area contributed by atoms with Crippen LogP contribution < -0.4 is 9.64 Å². The topological polar surface area (TPSA) is 62.7 Å². The molecule has 3 amide bonds. The van der Waals surface area contributed by atoms with E-state index in [4.69, 9.17) is 11.6 Å². The summed E-state index contributed by atoms with van der Waals surface area (Å²) < 4.78 is 41.1. The smallest absolute Gasteiger partial charge is 0.406 e. The standard InChI is InChI=1S/C22H15ClF3N3O3/c23-14-1-6-17-13(7-10-27-18(17)11-14)12-28-20(31)29(19(30)21(28)8-9-21)15-2-4-16(5-3-15)32-22(24,25)26/h1-7,10-11H,8-9,12H2. The Hall–Kier alpha value is -3.33. The molecular formula is C22H15ClF3N3O3. The Morgan fingerprint density at radius 2 is 1.78 bits per heavy atom. The van der Waals surface area contributed by atoms with E-state index in [0.717, 1.165) is 28.0 Å². The Balaban J connectivity index is 1.45. The lowest BCUT2D eigenvalue weighted by molar-refractivity contribution is -0.274. The lowest BCUT2D eigenvalue weighted by atomic mass is 10.1. The quantitative estimate of drug-likeness (QED) is 0.495. The first-order valence-electron chi connectivity index (χ1n) is 9.73. The summed E-state index contributed by atoms with van der Waals surface area (Å²) in [5.74, 6) is -0.811. The summed E-state index contributed by atoms with van der Waals surface area (Å²) >= 11 is 6.05. The Morgan fingerprint density at radius 1 is 1.06 bits per heavy atom. The van der Waals surface area contributed by atoms with Crippen LogP contribution in [0.2, 0.25) is 5.02 Å². The van der Waals surface area contributed by atoms with Crippen LogP contribution >= 0.6 is 11.6 Å². The highest BCUT2D eigenvalue weighted by Crippen LogP contribution is 2.50. The number of hydrogen-bond donors (Lipinski definition) is 0. The van der Waals surface area contributed by atoms with Gasteiger partial charge in [0.25, 0.3) is 5.91 Å². The van der Waals surface area contributed by atoms with Crippen LogP contribution in [0.4, 0.5) is 23.7 Å². The minimum absolute atomic E-state index is 0.190. The van der Waals surface area contributed by atoms with Crippen LogP contribution in [0.3, 0.4) is 0 Å². The number of amides is 3. The summed E-state index contributed by atoms with van der Waals surface area (Å²) in [7, 11) is 0. The van der Waals surface area contributed by atoms with Crippen molar-refractivity contribution in [3.05, 3.63) is 65.3 Å². The SMILES string of the molecule is O=C1N(c2ccc(OC(F)(F)F)cc2)C(=O)C2(CC2)N1Cc1ccnc2cc(Cl)ccc12. The summed E-state index contributed by atoms with van der Waals surface area (Å²) in [6.07, 6.45) is -2.16. The maximum absolute atomic E-state index is 13.3. The number of urea groups is 1. The van der Waals surface area contributed by atoms with E-state index in [2.05, 4.69) is 9.72 Å². The number of carbonyl (C=O) groups excluding carboxylic acids is 2. The van der Waals surface area contributed by atoms with E-state index in [9.17, 15) is 22.8 Å². The van der Waals surface area contributed by atoms with E-state index >= 15 is 0 Å². The Morgan fingerprint density at radius 3 is 2.44 bits per heavy atom. The fraction of sp³-hybridized carbons (Fsp3) is 0.227. The highest BCUT2D eigenvalue weighted by atomic mass is 35.5. The maximum atomic E-state index is 13.3. The van der Waals surface area contributed by atoms with Gasteiger partial charge in [-0.05, 0) is 60.9 Å². The number of imide groups is 1. The molecule has 0 N–H and O–H groups in total. The summed E-state index contributed by atoms with van der Waals surface area (Å²) in [4.78, 5) is 33.3. The molecular weight excluding hydrogens is 447 g/mol. The number of alkyl halides is 3. The lowest BCUT2D eigenvalue weighted by Gasteiger charge is -2.22. The number of rotatable bonds is 4. The molecule has 164 valence electrons. The van der Waals surface area contributed by atoms with Crippen LogP contribution in [0, 0.1) is 0 Å². The second-order valence-corrected chi connectivity index (χ2v) is 8.15. The Kier molecular flexibility index (Phi) is 4.56. The number of ether oxygens (including phenoxy) is 1. The highest BCUT2D eigenvalue weighted by molar-refractivity contribution is 6.31. The van der Waals surface area contributed by atoms with Crippen molar-refractivity contribution >= 4 is 40.1 Å². The third kappa shape index (κ3) is 3.42. The molecule has 2 aliphatic rings. The average molecular weight is 462 g/mol. The molecule has 0 unspecified atom stereocenters. The van der Waals surface area contributed by atoms with Gasteiger partial charge in [-0.2, -0.15) is 0 Å². The molecule has 0 atom stereocenters. The molecule has 2 fully saturated rings. The van der Waals surface area contributed by atoms with E-state index in [1.807, 2.05) is 6.07 Å². The number of carbonyl (C=O) groups is 2. The normalized spacial score (nSPS) is 17.5. The zero-order valence-corrected chi connectivity index (χ0v) is 17.2. The molecule has 1 aromatic heterocycles. The minimum atomic E-state index is -4.83. The molecule has 10 heteroatoms. The van der Waals surface area contributed by atoms with Crippen molar-refractivity contribution in [2.75, 3.05) is 4.90 Å². The molecule has 2 heterocycles. The van der Waals surface area contributed by atoms with Gasteiger partial charge in [0.15, 0.2) is 0 Å². The predicted octanol–water partition coefficient (Wildman–Crippen LogP) is 5.29. The molecule has 5 rings (SSSR count). The third-order valence-corrected chi connectivity index (χ3v) is 5.95. The highest BCUT2D eigenvalue weighted by Gasteiger charge is 2.65. The third-order valence-electron chi connectivity index (χ3n) is 5.72. The number of anilines is 1. The number of hydrogen-bond acceptors (Lipinski definition) is 4. The maximum Gasteiger partial charge on any atom is 0.573 e. The molecule has 32 heavy (non-hydrogen) atoms. The van der Waals surface area contributed by atoms with Crippen molar-refractivity contribution in [3.63, 3.8) is 0 Å².